The SMILES string of the molecule is COc1ccc(F)c(CN2CCC(N(C)C(=O)n3cnc(-c4cccc(C(N)=O)c4)c3)CC2)c1.Cl. The molecule has 2 N–H and O–H groups in total. The van der Waals surface area contributed by atoms with Crippen molar-refractivity contribution in [2.75, 3.05) is 27.2 Å². The first kappa shape index (κ1) is 26.2. The van der Waals surface area contributed by atoms with Gasteiger partial charge in [-0.25, -0.2) is 14.2 Å². The first-order valence-electron chi connectivity index (χ1n) is 11.1. The van der Waals surface area contributed by atoms with Crippen LogP contribution in [0, 0.1) is 5.82 Å². The monoisotopic (exact) mass is 501 g/mol. The lowest BCUT2D eigenvalue weighted by atomic mass is 10.0. The van der Waals surface area contributed by atoms with Gasteiger partial charge in [-0.05, 0) is 43.2 Å². The summed E-state index contributed by atoms with van der Waals surface area (Å²) in [6.45, 7) is 2.02. The summed E-state index contributed by atoms with van der Waals surface area (Å²) in [5.41, 5.74) is 7.64. The average Bonchev–Trinajstić information content (AvgIpc) is 3.35. The first-order valence-corrected chi connectivity index (χ1v) is 11.1. The van der Waals surface area contributed by atoms with Gasteiger partial charge in [0.2, 0.25) is 5.91 Å². The van der Waals surface area contributed by atoms with Gasteiger partial charge < -0.3 is 15.4 Å². The third-order valence-corrected chi connectivity index (χ3v) is 6.30. The summed E-state index contributed by atoms with van der Waals surface area (Å²) in [5.74, 6) is -0.122. The van der Waals surface area contributed by atoms with Crippen LogP contribution in [-0.4, -0.2) is 64.6 Å². The molecule has 0 saturated carbocycles. The molecule has 1 fully saturated rings. The largest absolute Gasteiger partial charge is 0.497 e. The minimum absolute atomic E-state index is 0. The molecule has 35 heavy (non-hydrogen) atoms. The Labute approximate surface area is 209 Å². The predicted octanol–water partition coefficient (Wildman–Crippen LogP) is 3.78. The van der Waals surface area contributed by atoms with Gasteiger partial charge in [-0.3, -0.25) is 14.3 Å². The Morgan fingerprint density at radius 3 is 2.63 bits per heavy atom. The Kier molecular flexibility index (Phi) is 8.48. The molecule has 2 amide bonds. The highest BCUT2D eigenvalue weighted by atomic mass is 35.5. The summed E-state index contributed by atoms with van der Waals surface area (Å²) in [6.07, 6.45) is 4.71. The van der Waals surface area contributed by atoms with Gasteiger partial charge in [-0.2, -0.15) is 0 Å². The molecule has 2 aromatic carbocycles. The van der Waals surface area contributed by atoms with Gasteiger partial charge in [0.05, 0.1) is 12.8 Å². The van der Waals surface area contributed by atoms with Crippen molar-refractivity contribution >= 4 is 24.3 Å². The van der Waals surface area contributed by atoms with Crippen molar-refractivity contribution in [3.63, 3.8) is 0 Å². The predicted molar refractivity (Wildman–Crippen MR) is 133 cm³/mol. The molecular formula is C25H29ClFN5O3. The van der Waals surface area contributed by atoms with Gasteiger partial charge in [0.25, 0.3) is 0 Å². The molecule has 186 valence electrons. The van der Waals surface area contributed by atoms with Crippen LogP contribution in [0.5, 0.6) is 5.75 Å². The summed E-state index contributed by atoms with van der Waals surface area (Å²) in [6, 6.07) is 11.5. The van der Waals surface area contributed by atoms with Crippen LogP contribution in [-0.2, 0) is 6.54 Å². The Morgan fingerprint density at radius 2 is 1.94 bits per heavy atom. The van der Waals surface area contributed by atoms with Crippen molar-refractivity contribution in [3.8, 4) is 17.0 Å². The highest BCUT2D eigenvalue weighted by Gasteiger charge is 2.27. The standard InChI is InChI=1S/C25H28FN5O3.ClH/c1-29(20-8-10-30(11-9-20)14-19-13-21(34-2)6-7-22(19)26)25(33)31-15-23(28-16-31)17-4-3-5-18(12-17)24(27)32;/h3-7,12-13,15-16,20H,8-11,14H2,1-2H3,(H2,27,32);1H. The fourth-order valence-corrected chi connectivity index (χ4v) is 4.25. The maximum absolute atomic E-state index is 14.2. The average molecular weight is 502 g/mol. The van der Waals surface area contributed by atoms with E-state index in [1.807, 2.05) is 6.07 Å². The highest BCUT2D eigenvalue weighted by Crippen LogP contribution is 2.23. The lowest BCUT2D eigenvalue weighted by Crippen LogP contribution is -2.46. The number of hydrogen-bond donors (Lipinski definition) is 1. The number of carbonyl (C=O) groups excluding carboxylic acids is 2. The third-order valence-electron chi connectivity index (χ3n) is 6.30. The second-order valence-electron chi connectivity index (χ2n) is 8.47. The Morgan fingerprint density at radius 1 is 1.20 bits per heavy atom. The molecule has 1 saturated heterocycles. The number of methoxy groups -OCH3 is 1. The van der Waals surface area contributed by atoms with E-state index in [2.05, 4.69) is 9.88 Å². The number of likely N-dealkylation sites (tertiary alicyclic amines) is 1. The molecule has 0 aliphatic carbocycles. The normalized spacial score (nSPS) is 14.3. The number of piperidine rings is 1. The summed E-state index contributed by atoms with van der Waals surface area (Å²) >= 11 is 0. The number of hydrogen-bond acceptors (Lipinski definition) is 5. The van der Waals surface area contributed by atoms with Gasteiger partial charge in [0.15, 0.2) is 0 Å². The summed E-state index contributed by atoms with van der Waals surface area (Å²) in [5, 5.41) is 0. The van der Waals surface area contributed by atoms with E-state index in [1.165, 1.54) is 17.0 Å². The number of rotatable bonds is 6. The van der Waals surface area contributed by atoms with Crippen molar-refractivity contribution in [2.24, 2.45) is 5.73 Å². The van der Waals surface area contributed by atoms with Crippen molar-refractivity contribution in [3.05, 3.63) is 71.9 Å². The fourth-order valence-electron chi connectivity index (χ4n) is 4.25. The van der Waals surface area contributed by atoms with Crippen molar-refractivity contribution in [2.45, 2.75) is 25.4 Å². The number of halogens is 2. The van der Waals surface area contributed by atoms with Crippen LogP contribution in [0.4, 0.5) is 9.18 Å². The van der Waals surface area contributed by atoms with Crippen molar-refractivity contribution in [1.82, 2.24) is 19.4 Å². The van der Waals surface area contributed by atoms with Gasteiger partial charge >= 0.3 is 6.03 Å². The maximum atomic E-state index is 14.2. The molecule has 0 radical (unpaired) electrons. The van der Waals surface area contributed by atoms with E-state index in [-0.39, 0.29) is 30.3 Å². The van der Waals surface area contributed by atoms with Crippen LogP contribution in [0.2, 0.25) is 0 Å². The third kappa shape index (κ3) is 5.98. The van der Waals surface area contributed by atoms with Crippen LogP contribution in [0.3, 0.4) is 0 Å². The molecule has 2 heterocycles. The van der Waals surface area contributed by atoms with E-state index in [0.717, 1.165) is 25.9 Å². The van der Waals surface area contributed by atoms with Gasteiger partial charge in [-0.1, -0.05) is 12.1 Å². The minimum Gasteiger partial charge on any atom is -0.497 e. The quantitative estimate of drug-likeness (QED) is 0.554. The molecule has 1 aliphatic heterocycles. The number of aromatic nitrogens is 2. The molecule has 4 rings (SSSR count). The molecule has 0 atom stereocenters. The summed E-state index contributed by atoms with van der Waals surface area (Å²) in [4.78, 5) is 32.7. The molecule has 8 nitrogen and oxygen atoms in total. The van der Waals surface area contributed by atoms with Gasteiger partial charge in [0, 0.05) is 55.6 Å². The zero-order chi connectivity index (χ0) is 24.2. The lowest BCUT2D eigenvalue weighted by Gasteiger charge is -2.36. The van der Waals surface area contributed by atoms with E-state index in [0.29, 0.717) is 34.7 Å². The number of ether oxygens (including phenoxy) is 1. The first-order chi connectivity index (χ1) is 16.4. The Hall–Kier alpha value is -3.43. The minimum atomic E-state index is -0.516. The smallest absolute Gasteiger partial charge is 0.329 e. The lowest BCUT2D eigenvalue weighted by molar-refractivity contribution is 0.1000. The molecule has 0 spiro atoms. The second-order valence-corrected chi connectivity index (χ2v) is 8.47. The van der Waals surface area contributed by atoms with E-state index in [4.69, 9.17) is 10.5 Å². The topological polar surface area (TPSA) is 93.7 Å². The second kappa shape index (κ2) is 11.3. The van der Waals surface area contributed by atoms with Crippen molar-refractivity contribution < 1.29 is 18.7 Å². The number of nitrogens with zero attached hydrogens (tertiary/aromatic N) is 4. The van der Waals surface area contributed by atoms with Crippen LogP contribution in [0.15, 0.2) is 55.0 Å². The van der Waals surface area contributed by atoms with Crippen molar-refractivity contribution in [1.29, 1.82) is 0 Å². The molecule has 1 aromatic heterocycles. The van der Waals surface area contributed by atoms with Crippen LogP contribution in [0.1, 0.15) is 28.8 Å². The number of carbonyl (C=O) groups is 2. The fraction of sp³-hybridized carbons (Fsp3) is 0.320. The van der Waals surface area contributed by atoms with Gasteiger partial charge in [-0.15, -0.1) is 12.4 Å². The van der Waals surface area contributed by atoms with E-state index in [1.54, 1.807) is 55.6 Å². The van der Waals surface area contributed by atoms with Gasteiger partial charge in [0.1, 0.15) is 17.9 Å². The number of primary amides is 1. The molecule has 1 aliphatic rings. The zero-order valence-corrected chi connectivity index (χ0v) is 20.5. The molecule has 0 unspecified atom stereocenters. The number of nitrogens with two attached hydrogens (primary N) is 1. The Balaban J connectivity index is 0.00000342. The van der Waals surface area contributed by atoms with E-state index >= 15 is 0 Å². The number of amides is 2. The summed E-state index contributed by atoms with van der Waals surface area (Å²) in [7, 11) is 3.36. The Bertz CT molecular complexity index is 1190. The van der Waals surface area contributed by atoms with E-state index < -0.39 is 5.91 Å². The zero-order valence-electron chi connectivity index (χ0n) is 19.7. The van der Waals surface area contributed by atoms with E-state index in [9.17, 15) is 14.0 Å². The summed E-state index contributed by atoms with van der Waals surface area (Å²) < 4.78 is 20.8. The molecule has 10 heteroatoms. The number of benzene rings is 2. The molecule has 3 aromatic rings. The molecular weight excluding hydrogens is 473 g/mol. The highest BCUT2D eigenvalue weighted by molar-refractivity contribution is 5.94. The number of imidazole rings is 1. The maximum Gasteiger partial charge on any atom is 0.329 e. The van der Waals surface area contributed by atoms with Crippen LogP contribution in [0.25, 0.3) is 11.3 Å². The molecule has 0 bridgehead atoms. The van der Waals surface area contributed by atoms with Crippen LogP contribution < -0.4 is 10.5 Å². The van der Waals surface area contributed by atoms with Crippen LogP contribution >= 0.6 is 12.4 Å².